The Morgan fingerprint density at radius 2 is 1.71 bits per heavy atom. The van der Waals surface area contributed by atoms with E-state index in [4.69, 9.17) is 0 Å². The van der Waals surface area contributed by atoms with Crippen LogP contribution in [0.1, 0.15) is 53.5 Å². The Bertz CT molecular complexity index is 1170. The first kappa shape index (κ1) is 24.7. The Morgan fingerprint density at radius 3 is 2.31 bits per heavy atom. The molecule has 1 aliphatic rings. The third-order valence-corrected chi connectivity index (χ3v) is 7.47. The summed E-state index contributed by atoms with van der Waals surface area (Å²) in [6.45, 7) is 7.21. The van der Waals surface area contributed by atoms with E-state index in [1.165, 1.54) is 0 Å². The molecular formula is C28H31N3O3S. The molecule has 0 bridgehead atoms. The van der Waals surface area contributed by atoms with Crippen molar-refractivity contribution in [2.24, 2.45) is 5.92 Å². The SMILES string of the molecule is CCN(CC)C(=O)c1ccc(NC(=O)[C@H]2CCC(=O)N(c3ccc(C)cc3)[C@@H]2c2cccs2)cc1. The highest BCUT2D eigenvalue weighted by Gasteiger charge is 2.42. The van der Waals surface area contributed by atoms with Gasteiger partial charge in [-0.2, -0.15) is 0 Å². The number of aryl methyl sites for hydroxylation is 1. The first-order valence-electron chi connectivity index (χ1n) is 12.0. The Kier molecular flexibility index (Phi) is 7.66. The lowest BCUT2D eigenvalue weighted by molar-refractivity contribution is -0.125. The predicted molar refractivity (Wildman–Crippen MR) is 141 cm³/mol. The van der Waals surface area contributed by atoms with Gasteiger partial charge in [-0.05, 0) is 75.0 Å². The van der Waals surface area contributed by atoms with Crippen LogP contribution < -0.4 is 10.2 Å². The summed E-state index contributed by atoms with van der Waals surface area (Å²) in [7, 11) is 0. The van der Waals surface area contributed by atoms with Gasteiger partial charge < -0.3 is 15.1 Å². The second kappa shape index (κ2) is 10.9. The molecule has 3 aromatic rings. The molecule has 2 heterocycles. The van der Waals surface area contributed by atoms with Crippen molar-refractivity contribution in [3.63, 3.8) is 0 Å². The van der Waals surface area contributed by atoms with E-state index in [1.807, 2.05) is 62.5 Å². The number of nitrogens with one attached hydrogen (secondary N) is 1. The van der Waals surface area contributed by atoms with Crippen molar-refractivity contribution in [2.45, 2.75) is 39.7 Å². The fourth-order valence-corrected chi connectivity index (χ4v) is 5.47. The number of carbonyl (C=O) groups is 3. The minimum absolute atomic E-state index is 0.0230. The molecule has 0 saturated carbocycles. The van der Waals surface area contributed by atoms with Gasteiger partial charge in [0.2, 0.25) is 11.8 Å². The first-order valence-corrected chi connectivity index (χ1v) is 12.9. The summed E-state index contributed by atoms with van der Waals surface area (Å²) in [5.74, 6) is -0.527. The van der Waals surface area contributed by atoms with Gasteiger partial charge in [0.15, 0.2) is 0 Å². The number of rotatable bonds is 7. The van der Waals surface area contributed by atoms with Crippen molar-refractivity contribution in [2.75, 3.05) is 23.3 Å². The maximum absolute atomic E-state index is 13.5. The number of anilines is 2. The number of piperidine rings is 1. The number of nitrogens with zero attached hydrogens (tertiary/aromatic N) is 2. The summed E-state index contributed by atoms with van der Waals surface area (Å²) < 4.78 is 0. The van der Waals surface area contributed by atoms with Crippen LogP contribution in [0.4, 0.5) is 11.4 Å². The van der Waals surface area contributed by atoms with Crippen molar-refractivity contribution in [3.8, 4) is 0 Å². The Labute approximate surface area is 210 Å². The molecule has 0 spiro atoms. The minimum atomic E-state index is -0.398. The Morgan fingerprint density at radius 1 is 1.03 bits per heavy atom. The maximum atomic E-state index is 13.5. The molecule has 0 aliphatic carbocycles. The summed E-state index contributed by atoms with van der Waals surface area (Å²) >= 11 is 1.56. The van der Waals surface area contributed by atoms with Gasteiger partial charge in [-0.1, -0.05) is 23.8 Å². The minimum Gasteiger partial charge on any atom is -0.339 e. The molecule has 2 atom stereocenters. The van der Waals surface area contributed by atoms with Gasteiger partial charge in [0, 0.05) is 41.3 Å². The van der Waals surface area contributed by atoms with E-state index in [-0.39, 0.29) is 23.8 Å². The van der Waals surface area contributed by atoms with Crippen LogP contribution >= 0.6 is 11.3 Å². The van der Waals surface area contributed by atoms with Crippen LogP contribution in [0.3, 0.4) is 0 Å². The molecule has 3 amide bonds. The second-order valence-corrected chi connectivity index (χ2v) is 9.73. The van der Waals surface area contributed by atoms with E-state index in [0.717, 1.165) is 16.1 Å². The molecule has 7 heteroatoms. The molecule has 182 valence electrons. The summed E-state index contributed by atoms with van der Waals surface area (Å²) in [5.41, 5.74) is 3.14. The molecular weight excluding hydrogens is 458 g/mol. The molecule has 6 nitrogen and oxygen atoms in total. The van der Waals surface area contributed by atoms with Crippen molar-refractivity contribution in [1.82, 2.24) is 4.90 Å². The number of carbonyl (C=O) groups excluding carboxylic acids is 3. The summed E-state index contributed by atoms with van der Waals surface area (Å²) in [6, 6.07) is 18.4. The molecule has 1 fully saturated rings. The zero-order chi connectivity index (χ0) is 24.9. The van der Waals surface area contributed by atoms with Crippen LogP contribution in [0.2, 0.25) is 0 Å². The maximum Gasteiger partial charge on any atom is 0.253 e. The van der Waals surface area contributed by atoms with Crippen molar-refractivity contribution < 1.29 is 14.4 Å². The van der Waals surface area contributed by atoms with Crippen LogP contribution in [0.15, 0.2) is 66.0 Å². The molecule has 1 N–H and O–H groups in total. The average molecular weight is 490 g/mol. The van der Waals surface area contributed by atoms with Crippen LogP contribution in [-0.2, 0) is 9.59 Å². The number of hydrogen-bond acceptors (Lipinski definition) is 4. The van der Waals surface area contributed by atoms with E-state index in [1.54, 1.807) is 45.4 Å². The van der Waals surface area contributed by atoms with Crippen LogP contribution in [0.25, 0.3) is 0 Å². The third kappa shape index (κ3) is 5.30. The zero-order valence-electron chi connectivity index (χ0n) is 20.4. The van der Waals surface area contributed by atoms with Crippen LogP contribution in [-0.4, -0.2) is 35.7 Å². The lowest BCUT2D eigenvalue weighted by Crippen LogP contribution is -2.46. The normalized spacial score (nSPS) is 17.8. The number of hydrogen-bond donors (Lipinski definition) is 1. The topological polar surface area (TPSA) is 69.7 Å². The van der Waals surface area contributed by atoms with Gasteiger partial charge in [0.05, 0.1) is 12.0 Å². The smallest absolute Gasteiger partial charge is 0.253 e. The molecule has 0 unspecified atom stereocenters. The summed E-state index contributed by atoms with van der Waals surface area (Å²) in [4.78, 5) is 43.7. The van der Waals surface area contributed by atoms with Gasteiger partial charge in [-0.15, -0.1) is 11.3 Å². The van der Waals surface area contributed by atoms with Crippen LogP contribution in [0.5, 0.6) is 0 Å². The molecule has 0 radical (unpaired) electrons. The number of thiophene rings is 1. The summed E-state index contributed by atoms with van der Waals surface area (Å²) in [6.07, 6.45) is 0.791. The monoisotopic (exact) mass is 489 g/mol. The van der Waals surface area contributed by atoms with E-state index >= 15 is 0 Å². The average Bonchev–Trinajstić information content (AvgIpc) is 3.40. The largest absolute Gasteiger partial charge is 0.339 e. The van der Waals surface area contributed by atoms with E-state index in [9.17, 15) is 14.4 Å². The highest BCUT2D eigenvalue weighted by molar-refractivity contribution is 7.10. The lowest BCUT2D eigenvalue weighted by Gasteiger charge is -2.40. The van der Waals surface area contributed by atoms with Crippen molar-refractivity contribution in [3.05, 3.63) is 82.0 Å². The predicted octanol–water partition coefficient (Wildman–Crippen LogP) is 5.66. The first-order chi connectivity index (χ1) is 16.9. The highest BCUT2D eigenvalue weighted by atomic mass is 32.1. The fourth-order valence-electron chi connectivity index (χ4n) is 4.59. The molecule has 2 aromatic carbocycles. The summed E-state index contributed by atoms with van der Waals surface area (Å²) in [5, 5.41) is 5.00. The second-order valence-electron chi connectivity index (χ2n) is 8.75. The zero-order valence-corrected chi connectivity index (χ0v) is 21.2. The van der Waals surface area contributed by atoms with Crippen molar-refractivity contribution >= 4 is 40.4 Å². The van der Waals surface area contributed by atoms with E-state index in [0.29, 0.717) is 37.2 Å². The fraction of sp³-hybridized carbons (Fsp3) is 0.321. The molecule has 1 saturated heterocycles. The number of amides is 3. The van der Waals surface area contributed by atoms with E-state index < -0.39 is 5.92 Å². The highest BCUT2D eigenvalue weighted by Crippen LogP contribution is 2.42. The molecule has 1 aromatic heterocycles. The van der Waals surface area contributed by atoms with Gasteiger partial charge in [0.1, 0.15) is 0 Å². The Hall–Kier alpha value is -3.45. The van der Waals surface area contributed by atoms with Crippen LogP contribution in [0, 0.1) is 12.8 Å². The van der Waals surface area contributed by atoms with Gasteiger partial charge >= 0.3 is 0 Å². The standard InChI is InChI=1S/C28H31N3O3S/c1-4-30(5-2)28(34)20-10-12-21(13-11-20)29-27(33)23-16-17-25(32)31(22-14-8-19(3)9-15-22)26(23)24-7-6-18-35-24/h6-15,18,23,26H,4-5,16-17H2,1-3H3,(H,29,33)/t23-,26-/m0/s1. The van der Waals surface area contributed by atoms with E-state index in [2.05, 4.69) is 5.32 Å². The molecule has 35 heavy (non-hydrogen) atoms. The van der Waals surface area contributed by atoms with Gasteiger partial charge in [-0.3, -0.25) is 14.4 Å². The number of benzene rings is 2. The van der Waals surface area contributed by atoms with Gasteiger partial charge in [0.25, 0.3) is 5.91 Å². The lowest BCUT2D eigenvalue weighted by atomic mass is 9.86. The third-order valence-electron chi connectivity index (χ3n) is 6.53. The molecule has 1 aliphatic heterocycles. The van der Waals surface area contributed by atoms with Crippen molar-refractivity contribution in [1.29, 1.82) is 0 Å². The molecule has 4 rings (SSSR count). The Balaban J connectivity index is 1.58. The van der Waals surface area contributed by atoms with Gasteiger partial charge in [-0.25, -0.2) is 0 Å². The quantitative estimate of drug-likeness (QED) is 0.465.